The van der Waals surface area contributed by atoms with Crippen LogP contribution in [0.1, 0.15) is 29.7 Å². The smallest absolute Gasteiger partial charge is 0.337 e. The molecule has 6 heteroatoms. The maximum atomic E-state index is 11.1. The Morgan fingerprint density at radius 2 is 1.78 bits per heavy atom. The Morgan fingerprint density at radius 3 is 2.35 bits per heavy atom. The number of carboxylic acid groups (broad SMARTS) is 1. The summed E-state index contributed by atoms with van der Waals surface area (Å²) in [5, 5.41) is 19.5. The minimum atomic E-state index is -1.67. The molecule has 0 fully saturated rings. The number of aliphatic hydroxyl groups excluding tert-OH is 1. The molecule has 2 aromatic rings. The van der Waals surface area contributed by atoms with Crippen molar-refractivity contribution in [1.29, 1.82) is 0 Å². The van der Waals surface area contributed by atoms with Crippen molar-refractivity contribution in [2.75, 3.05) is 0 Å². The number of halogens is 1. The molecule has 0 saturated heterocycles. The first-order chi connectivity index (χ1) is 11.0. The Kier molecular flexibility index (Phi) is 5.39. The molecule has 0 spiro atoms. The van der Waals surface area contributed by atoms with Crippen molar-refractivity contribution in [2.24, 2.45) is 5.90 Å². The molecule has 4 N–H and O–H groups in total. The first kappa shape index (κ1) is 17.0. The molecule has 0 aliphatic rings. The Morgan fingerprint density at radius 1 is 1.17 bits per heavy atom. The summed E-state index contributed by atoms with van der Waals surface area (Å²) in [6.07, 6.45) is -1.67. The number of rotatable bonds is 5. The van der Waals surface area contributed by atoms with Crippen molar-refractivity contribution in [3.05, 3.63) is 70.2 Å². The van der Waals surface area contributed by atoms with Gasteiger partial charge in [0, 0.05) is 21.7 Å². The van der Waals surface area contributed by atoms with Gasteiger partial charge in [-0.2, -0.15) is 5.90 Å². The quantitative estimate of drug-likeness (QED) is 0.444. The van der Waals surface area contributed by atoms with Crippen LogP contribution >= 0.6 is 11.6 Å². The molecule has 2 rings (SSSR count). The summed E-state index contributed by atoms with van der Waals surface area (Å²) in [5.74, 6) is 4.34. The van der Waals surface area contributed by atoms with Gasteiger partial charge in [-0.3, -0.25) is 0 Å². The van der Waals surface area contributed by atoms with E-state index >= 15 is 0 Å². The second-order valence-electron chi connectivity index (χ2n) is 4.91. The van der Waals surface area contributed by atoms with Crippen LogP contribution in [0.25, 0.3) is 11.3 Å². The molecule has 5 nitrogen and oxygen atoms in total. The molecular formula is C17H16ClNO4. The van der Waals surface area contributed by atoms with Gasteiger partial charge in [-0.25, -0.2) is 4.79 Å². The number of benzene rings is 2. The minimum absolute atomic E-state index is 0.203. The van der Waals surface area contributed by atoms with Gasteiger partial charge in [-0.15, -0.1) is 0 Å². The maximum Gasteiger partial charge on any atom is 0.337 e. The van der Waals surface area contributed by atoms with Crippen LogP contribution in [-0.4, -0.2) is 16.2 Å². The van der Waals surface area contributed by atoms with Crippen LogP contribution in [0, 0.1) is 0 Å². The second kappa shape index (κ2) is 7.28. The highest BCUT2D eigenvalue weighted by Crippen LogP contribution is 2.31. The molecule has 0 amide bonds. The highest BCUT2D eigenvalue weighted by atomic mass is 35.5. The summed E-state index contributed by atoms with van der Waals surface area (Å²) in [5.41, 5.74) is 2.12. The summed E-state index contributed by atoms with van der Waals surface area (Å²) in [7, 11) is 0. The van der Waals surface area contributed by atoms with Gasteiger partial charge >= 0.3 is 5.97 Å². The molecule has 1 unspecified atom stereocenters. The van der Waals surface area contributed by atoms with Gasteiger partial charge in [0.2, 0.25) is 0 Å². The van der Waals surface area contributed by atoms with E-state index in [0.29, 0.717) is 16.2 Å². The number of carboxylic acids is 1. The van der Waals surface area contributed by atoms with Crippen LogP contribution in [0.3, 0.4) is 0 Å². The summed E-state index contributed by atoms with van der Waals surface area (Å²) < 4.78 is 0. The van der Waals surface area contributed by atoms with E-state index in [1.165, 1.54) is 6.07 Å². The van der Waals surface area contributed by atoms with E-state index in [2.05, 4.69) is 0 Å². The van der Waals surface area contributed by atoms with E-state index in [0.717, 1.165) is 5.56 Å². The lowest BCUT2D eigenvalue weighted by atomic mass is 9.96. The van der Waals surface area contributed by atoms with E-state index in [1.807, 2.05) is 0 Å². The normalized spacial score (nSPS) is 13.2. The highest BCUT2D eigenvalue weighted by Gasteiger charge is 2.22. The number of aliphatic carboxylic acids is 1. The average molecular weight is 334 g/mol. The Hall–Kier alpha value is -2.34. The number of aliphatic hydroxyl groups is 1. The van der Waals surface area contributed by atoms with Gasteiger partial charge in [0.15, 0.2) is 11.9 Å². The summed E-state index contributed by atoms with van der Waals surface area (Å²) >= 11 is 5.88. The lowest BCUT2D eigenvalue weighted by molar-refractivity contribution is -0.146. The molecule has 120 valence electrons. The Bertz CT molecular complexity index is 741. The molecule has 1 atom stereocenters. The highest BCUT2D eigenvalue weighted by molar-refractivity contribution is 6.30. The summed E-state index contributed by atoms with van der Waals surface area (Å²) in [6.45, 7) is 1.79. The predicted octanol–water partition coefficient (Wildman–Crippen LogP) is 3.24. The first-order valence-corrected chi connectivity index (χ1v) is 7.17. The van der Waals surface area contributed by atoms with Crippen LogP contribution in [0.15, 0.2) is 48.5 Å². The molecule has 0 aliphatic carbocycles. The second-order valence-corrected chi connectivity index (χ2v) is 5.34. The van der Waals surface area contributed by atoms with E-state index in [9.17, 15) is 9.90 Å². The Labute approximate surface area is 138 Å². The molecular weight excluding hydrogens is 318 g/mol. The number of allylic oxidation sites excluding steroid dienone is 1. The van der Waals surface area contributed by atoms with Gasteiger partial charge in [0.1, 0.15) is 0 Å². The van der Waals surface area contributed by atoms with Crippen molar-refractivity contribution in [3.63, 3.8) is 0 Å². The lowest BCUT2D eigenvalue weighted by Crippen LogP contribution is -2.14. The van der Waals surface area contributed by atoms with Crippen molar-refractivity contribution in [1.82, 2.24) is 0 Å². The van der Waals surface area contributed by atoms with Gasteiger partial charge < -0.3 is 15.1 Å². The van der Waals surface area contributed by atoms with Gasteiger partial charge in [0.25, 0.3) is 0 Å². The van der Waals surface area contributed by atoms with Crippen molar-refractivity contribution in [2.45, 2.75) is 13.0 Å². The zero-order chi connectivity index (χ0) is 17.0. The fraction of sp³-hybridized carbons (Fsp3) is 0.118. The van der Waals surface area contributed by atoms with Gasteiger partial charge in [0.05, 0.1) is 0 Å². The van der Waals surface area contributed by atoms with Crippen LogP contribution in [0.5, 0.6) is 0 Å². The van der Waals surface area contributed by atoms with E-state index < -0.39 is 12.1 Å². The molecule has 0 aliphatic heterocycles. The van der Waals surface area contributed by atoms with Crippen molar-refractivity contribution >= 4 is 28.9 Å². The molecule has 0 bridgehead atoms. The Balaban J connectivity index is 2.59. The number of hydrogen-bond donors (Lipinski definition) is 3. The molecule has 0 heterocycles. The average Bonchev–Trinajstić information content (AvgIpc) is 2.55. The summed E-state index contributed by atoms with van der Waals surface area (Å²) in [4.78, 5) is 16.1. The summed E-state index contributed by atoms with van der Waals surface area (Å²) in [6, 6.07) is 13.6. The molecule has 0 saturated carbocycles. The van der Waals surface area contributed by atoms with Crippen LogP contribution in [0.2, 0.25) is 5.02 Å². The fourth-order valence-electron chi connectivity index (χ4n) is 2.26. The van der Waals surface area contributed by atoms with Crippen LogP contribution < -0.4 is 5.90 Å². The third-order valence-electron chi connectivity index (χ3n) is 3.47. The molecule has 0 radical (unpaired) electrons. The SMILES string of the molecule is C/C(=C(\ON)c1ccccc1C(O)C(=O)O)c1ccc(Cl)cc1. The minimum Gasteiger partial charge on any atom is -0.479 e. The largest absolute Gasteiger partial charge is 0.479 e. The number of hydrogen-bond acceptors (Lipinski definition) is 4. The zero-order valence-corrected chi connectivity index (χ0v) is 13.1. The third kappa shape index (κ3) is 3.71. The van der Waals surface area contributed by atoms with Crippen molar-refractivity contribution in [3.8, 4) is 0 Å². The van der Waals surface area contributed by atoms with Gasteiger partial charge in [-0.05, 0) is 24.6 Å². The van der Waals surface area contributed by atoms with Crippen molar-refractivity contribution < 1.29 is 19.8 Å². The standard InChI is InChI=1S/C17H16ClNO4/c1-10(11-6-8-12(18)9-7-11)16(23-19)14-5-3-2-4-13(14)15(20)17(21)22/h2-9,15,20H,19H2,1H3,(H,21,22)/b16-10+. The molecule has 0 aromatic heterocycles. The van der Waals surface area contributed by atoms with Crippen LogP contribution in [0.4, 0.5) is 0 Å². The predicted molar refractivity (Wildman–Crippen MR) is 88.3 cm³/mol. The van der Waals surface area contributed by atoms with E-state index in [4.69, 9.17) is 27.4 Å². The molecule has 2 aromatic carbocycles. The maximum absolute atomic E-state index is 11.1. The van der Waals surface area contributed by atoms with Crippen LogP contribution in [-0.2, 0) is 9.63 Å². The van der Waals surface area contributed by atoms with E-state index in [-0.39, 0.29) is 11.3 Å². The lowest BCUT2D eigenvalue weighted by Gasteiger charge is -2.16. The number of carbonyl (C=O) groups is 1. The first-order valence-electron chi connectivity index (χ1n) is 6.79. The fourth-order valence-corrected chi connectivity index (χ4v) is 2.39. The topological polar surface area (TPSA) is 92.8 Å². The van der Waals surface area contributed by atoms with Gasteiger partial charge in [-0.1, -0.05) is 48.0 Å². The zero-order valence-electron chi connectivity index (χ0n) is 12.4. The number of nitrogens with two attached hydrogens (primary N) is 1. The monoisotopic (exact) mass is 333 g/mol. The van der Waals surface area contributed by atoms with E-state index in [1.54, 1.807) is 49.4 Å². The third-order valence-corrected chi connectivity index (χ3v) is 3.72. The molecule has 23 heavy (non-hydrogen) atoms.